The molecule has 0 bridgehead atoms. The van der Waals surface area contributed by atoms with Crippen LogP contribution in [0.25, 0.3) is 0 Å². The molecule has 0 N–H and O–H groups in total. The lowest BCUT2D eigenvalue weighted by Crippen LogP contribution is -2.34. The predicted octanol–water partition coefficient (Wildman–Crippen LogP) is 3.92. The molecule has 0 atom stereocenters. The van der Waals surface area contributed by atoms with Crippen LogP contribution in [0.3, 0.4) is 0 Å². The van der Waals surface area contributed by atoms with Gasteiger partial charge in [-0.3, -0.25) is 0 Å². The van der Waals surface area contributed by atoms with Gasteiger partial charge in [0, 0.05) is 18.0 Å². The van der Waals surface area contributed by atoms with E-state index >= 15 is 0 Å². The normalized spacial score (nSPS) is 12.6. The molecule has 0 aliphatic rings. The molecule has 1 aromatic heterocycles. The van der Waals surface area contributed by atoms with Crippen molar-refractivity contribution in [2.75, 3.05) is 13.1 Å². The van der Waals surface area contributed by atoms with Crippen molar-refractivity contribution in [3.8, 4) is 0 Å². The Morgan fingerprint density at radius 2 is 2.11 bits per heavy atom. The first-order valence-electron chi connectivity index (χ1n) is 5.67. The Kier molecular flexibility index (Phi) is 6.12. The third kappa shape index (κ3) is 3.70. The van der Waals surface area contributed by atoms with E-state index in [1.807, 2.05) is 20.8 Å². The van der Waals surface area contributed by atoms with E-state index in [1.54, 1.807) is 6.07 Å². The molecule has 0 aliphatic carbocycles. The molecule has 0 spiro atoms. The maximum Gasteiger partial charge on any atom is 0.245 e. The van der Waals surface area contributed by atoms with E-state index in [1.165, 1.54) is 15.6 Å². The number of thiophene rings is 1. The molecular weight excluding hydrogens is 358 g/mol. The van der Waals surface area contributed by atoms with E-state index < -0.39 is 10.0 Å². The standard InChI is InChI=1S/C11H17BrClNO2S2/c1-4-14(7-8(2)3)18(15,16)10-5-9(6-13)17-11(10)12/h5,8H,4,6-7H2,1-3H3. The van der Waals surface area contributed by atoms with E-state index in [2.05, 4.69) is 15.9 Å². The Bertz CT molecular complexity index is 499. The molecular formula is C11H17BrClNO2S2. The molecule has 0 unspecified atom stereocenters. The predicted molar refractivity (Wildman–Crippen MR) is 80.8 cm³/mol. The first kappa shape index (κ1) is 16.4. The average Bonchev–Trinajstić information content (AvgIpc) is 2.67. The highest BCUT2D eigenvalue weighted by Crippen LogP contribution is 2.34. The van der Waals surface area contributed by atoms with Crippen LogP contribution in [0.4, 0.5) is 0 Å². The summed E-state index contributed by atoms with van der Waals surface area (Å²) in [7, 11) is -3.43. The van der Waals surface area contributed by atoms with E-state index in [0.717, 1.165) is 4.88 Å². The minimum Gasteiger partial charge on any atom is -0.207 e. The van der Waals surface area contributed by atoms with Crippen molar-refractivity contribution < 1.29 is 8.42 Å². The van der Waals surface area contributed by atoms with Crippen molar-refractivity contribution in [1.82, 2.24) is 4.31 Å². The van der Waals surface area contributed by atoms with Gasteiger partial charge in [0.05, 0.1) is 9.67 Å². The van der Waals surface area contributed by atoms with Crippen LogP contribution in [-0.4, -0.2) is 25.8 Å². The fraction of sp³-hybridized carbons (Fsp3) is 0.636. The molecule has 0 radical (unpaired) electrons. The number of nitrogens with zero attached hydrogens (tertiary/aromatic N) is 1. The number of hydrogen-bond acceptors (Lipinski definition) is 3. The van der Waals surface area contributed by atoms with Crippen LogP contribution in [0.5, 0.6) is 0 Å². The summed E-state index contributed by atoms with van der Waals surface area (Å²) >= 11 is 10.4. The molecule has 0 aliphatic heterocycles. The third-order valence-electron chi connectivity index (χ3n) is 2.38. The van der Waals surface area contributed by atoms with Gasteiger partial charge in [-0.05, 0) is 27.9 Å². The molecule has 0 aromatic carbocycles. The van der Waals surface area contributed by atoms with Gasteiger partial charge in [-0.25, -0.2) is 8.42 Å². The maximum absolute atomic E-state index is 12.5. The number of halogens is 2. The van der Waals surface area contributed by atoms with E-state index in [4.69, 9.17) is 11.6 Å². The Morgan fingerprint density at radius 3 is 2.50 bits per heavy atom. The van der Waals surface area contributed by atoms with E-state index in [9.17, 15) is 8.42 Å². The van der Waals surface area contributed by atoms with Gasteiger partial charge < -0.3 is 0 Å². The number of rotatable bonds is 6. The molecule has 0 amide bonds. The SMILES string of the molecule is CCN(CC(C)C)S(=O)(=O)c1cc(CCl)sc1Br. The summed E-state index contributed by atoms with van der Waals surface area (Å²) in [4.78, 5) is 1.17. The molecule has 0 saturated carbocycles. The van der Waals surface area contributed by atoms with Crippen LogP contribution in [0, 0.1) is 5.92 Å². The summed E-state index contributed by atoms with van der Waals surface area (Å²) in [5.41, 5.74) is 0. The lowest BCUT2D eigenvalue weighted by atomic mass is 10.2. The van der Waals surface area contributed by atoms with Crippen LogP contribution in [0.2, 0.25) is 0 Å². The van der Waals surface area contributed by atoms with Crippen molar-refractivity contribution in [1.29, 1.82) is 0 Å². The van der Waals surface area contributed by atoms with Gasteiger partial charge >= 0.3 is 0 Å². The quantitative estimate of drug-likeness (QED) is 0.708. The van der Waals surface area contributed by atoms with Crippen molar-refractivity contribution in [3.05, 3.63) is 14.7 Å². The zero-order valence-corrected chi connectivity index (χ0v) is 14.6. The summed E-state index contributed by atoms with van der Waals surface area (Å²) in [5.74, 6) is 0.624. The Morgan fingerprint density at radius 1 is 1.50 bits per heavy atom. The maximum atomic E-state index is 12.5. The third-order valence-corrected chi connectivity index (χ3v) is 7.02. The van der Waals surface area contributed by atoms with Gasteiger partial charge in [-0.2, -0.15) is 4.31 Å². The van der Waals surface area contributed by atoms with Crippen molar-refractivity contribution in [2.45, 2.75) is 31.5 Å². The first-order chi connectivity index (χ1) is 8.32. The van der Waals surface area contributed by atoms with Crippen LogP contribution in [0.15, 0.2) is 14.7 Å². The molecule has 104 valence electrons. The van der Waals surface area contributed by atoms with Gasteiger partial charge in [-0.1, -0.05) is 20.8 Å². The number of alkyl halides is 1. The van der Waals surface area contributed by atoms with Crippen molar-refractivity contribution in [3.63, 3.8) is 0 Å². The lowest BCUT2D eigenvalue weighted by Gasteiger charge is -2.21. The Labute approximate surface area is 126 Å². The summed E-state index contributed by atoms with van der Waals surface area (Å²) in [6.07, 6.45) is 0. The second kappa shape index (κ2) is 6.70. The molecule has 1 rings (SSSR count). The van der Waals surface area contributed by atoms with E-state index in [-0.39, 0.29) is 0 Å². The lowest BCUT2D eigenvalue weighted by molar-refractivity contribution is 0.381. The van der Waals surface area contributed by atoms with Crippen molar-refractivity contribution in [2.24, 2.45) is 5.92 Å². The topological polar surface area (TPSA) is 37.4 Å². The van der Waals surface area contributed by atoms with Crippen LogP contribution in [0.1, 0.15) is 25.6 Å². The van der Waals surface area contributed by atoms with Crippen LogP contribution >= 0.6 is 38.9 Å². The fourth-order valence-corrected chi connectivity index (χ4v) is 5.92. The summed E-state index contributed by atoms with van der Waals surface area (Å²) in [6.45, 7) is 6.86. The first-order valence-corrected chi connectivity index (χ1v) is 9.25. The van der Waals surface area contributed by atoms with Crippen LogP contribution < -0.4 is 0 Å². The summed E-state index contributed by atoms with van der Waals surface area (Å²) < 4.78 is 27.1. The molecule has 18 heavy (non-hydrogen) atoms. The van der Waals surface area contributed by atoms with Gasteiger partial charge in [0.25, 0.3) is 0 Å². The smallest absolute Gasteiger partial charge is 0.207 e. The highest BCUT2D eigenvalue weighted by Gasteiger charge is 2.27. The Hall–Kier alpha value is 0.380. The molecule has 0 fully saturated rings. The summed E-state index contributed by atoms with van der Waals surface area (Å²) in [5, 5.41) is 0. The average molecular weight is 375 g/mol. The minimum absolute atomic E-state index is 0.296. The van der Waals surface area contributed by atoms with E-state index in [0.29, 0.717) is 33.6 Å². The minimum atomic E-state index is -3.43. The molecule has 0 saturated heterocycles. The highest BCUT2D eigenvalue weighted by molar-refractivity contribution is 9.11. The zero-order chi connectivity index (χ0) is 13.9. The second-order valence-corrected chi connectivity index (χ2v) is 8.96. The van der Waals surface area contributed by atoms with Crippen LogP contribution in [-0.2, 0) is 15.9 Å². The van der Waals surface area contributed by atoms with Gasteiger partial charge in [0.15, 0.2) is 0 Å². The monoisotopic (exact) mass is 373 g/mol. The highest BCUT2D eigenvalue weighted by atomic mass is 79.9. The largest absolute Gasteiger partial charge is 0.245 e. The fourth-order valence-electron chi connectivity index (χ4n) is 1.58. The second-order valence-electron chi connectivity index (χ2n) is 4.33. The molecule has 3 nitrogen and oxygen atoms in total. The molecule has 1 aromatic rings. The van der Waals surface area contributed by atoms with Gasteiger partial charge in [0.2, 0.25) is 10.0 Å². The van der Waals surface area contributed by atoms with Gasteiger partial charge in [-0.15, -0.1) is 22.9 Å². The van der Waals surface area contributed by atoms with Gasteiger partial charge in [0.1, 0.15) is 4.90 Å². The Balaban J connectivity index is 3.14. The zero-order valence-electron chi connectivity index (χ0n) is 10.6. The number of sulfonamides is 1. The molecule has 1 heterocycles. The molecule has 7 heteroatoms. The van der Waals surface area contributed by atoms with Crippen molar-refractivity contribution >= 4 is 48.9 Å². The number of hydrogen-bond donors (Lipinski definition) is 0. The summed E-state index contributed by atoms with van der Waals surface area (Å²) in [6, 6.07) is 1.65.